The predicted molar refractivity (Wildman–Crippen MR) is 148 cm³/mol. The summed E-state index contributed by atoms with van der Waals surface area (Å²) in [6.07, 6.45) is 0. The number of thiazole rings is 1. The van der Waals surface area contributed by atoms with Crippen molar-refractivity contribution in [2.24, 2.45) is 0 Å². The first-order valence-electron chi connectivity index (χ1n) is 12.4. The summed E-state index contributed by atoms with van der Waals surface area (Å²) in [5.74, 6) is -6.49. The zero-order chi connectivity index (χ0) is 28.8. The molecule has 2 heterocycles. The number of carbonyl (C=O) groups excluding carboxylic acids is 5. The third kappa shape index (κ3) is 4.30. The smallest absolute Gasteiger partial charge is 0.323 e. The van der Waals surface area contributed by atoms with Crippen molar-refractivity contribution in [1.29, 1.82) is 0 Å². The second-order valence-corrected chi connectivity index (χ2v) is 10.1. The van der Waals surface area contributed by atoms with Crippen molar-refractivity contribution in [3.8, 4) is 0 Å². The quantitative estimate of drug-likeness (QED) is 0.175. The lowest BCUT2D eigenvalue weighted by Crippen LogP contribution is -2.37. The number of nitrogens with zero attached hydrogens (tertiary/aromatic N) is 2. The van der Waals surface area contributed by atoms with Crippen LogP contribution in [0.1, 0.15) is 50.4 Å². The lowest BCUT2D eigenvalue weighted by molar-refractivity contribution is -0.150. The Morgan fingerprint density at radius 2 is 1.59 bits per heavy atom. The molecule has 1 aliphatic rings. The highest BCUT2D eigenvalue weighted by atomic mass is 32.1. The molecule has 1 atom stereocenters. The van der Waals surface area contributed by atoms with Crippen molar-refractivity contribution in [1.82, 2.24) is 15.0 Å². The SMILES string of the molecule is CCOC(=O)C(C(=O)C(=O)Nc1nc2ccccc2s1)c1nc2ccc3c(c2[nH]c1=O)C(=O)c1ccccc1C3=O. The summed E-state index contributed by atoms with van der Waals surface area (Å²) in [4.78, 5) is 89.9. The highest BCUT2D eigenvalue weighted by Crippen LogP contribution is 2.31. The van der Waals surface area contributed by atoms with Crippen LogP contribution in [0.4, 0.5) is 5.13 Å². The summed E-state index contributed by atoms with van der Waals surface area (Å²) in [5.41, 5.74) is -0.523. The molecule has 0 saturated heterocycles. The fourth-order valence-electron chi connectivity index (χ4n) is 4.73. The molecule has 2 aromatic heterocycles. The first-order valence-corrected chi connectivity index (χ1v) is 13.2. The third-order valence-corrected chi connectivity index (χ3v) is 7.53. The zero-order valence-corrected chi connectivity index (χ0v) is 22.0. The number of ketones is 3. The van der Waals surface area contributed by atoms with Crippen LogP contribution in [-0.4, -0.2) is 50.8 Å². The Hall–Kier alpha value is -5.36. The van der Waals surface area contributed by atoms with Gasteiger partial charge < -0.3 is 9.72 Å². The molecule has 0 fully saturated rings. The molecule has 1 unspecified atom stereocenters. The number of aromatic nitrogens is 3. The number of carbonyl (C=O) groups is 5. The van der Waals surface area contributed by atoms with Gasteiger partial charge in [0.25, 0.3) is 11.5 Å². The molecule has 0 saturated carbocycles. The highest BCUT2D eigenvalue weighted by Gasteiger charge is 2.39. The normalized spacial score (nSPS) is 13.0. The lowest BCUT2D eigenvalue weighted by atomic mass is 9.83. The van der Waals surface area contributed by atoms with Crippen molar-refractivity contribution in [3.63, 3.8) is 0 Å². The number of H-pyrrole nitrogens is 1. The Morgan fingerprint density at radius 3 is 2.32 bits per heavy atom. The number of Topliss-reactive ketones (excluding diaryl/α,β-unsaturated/α-hetero) is 1. The molecule has 6 rings (SSSR count). The average Bonchev–Trinajstić information content (AvgIpc) is 3.38. The number of benzene rings is 3. The molecule has 0 spiro atoms. The van der Waals surface area contributed by atoms with Gasteiger partial charge in [-0.3, -0.25) is 34.1 Å². The monoisotopic (exact) mass is 566 g/mol. The second-order valence-electron chi connectivity index (χ2n) is 9.03. The van der Waals surface area contributed by atoms with Crippen LogP contribution in [0.3, 0.4) is 0 Å². The number of amides is 1. The van der Waals surface area contributed by atoms with Crippen molar-refractivity contribution in [2.45, 2.75) is 12.8 Å². The fourth-order valence-corrected chi connectivity index (χ4v) is 5.59. The van der Waals surface area contributed by atoms with Gasteiger partial charge in [0.15, 0.2) is 22.6 Å². The van der Waals surface area contributed by atoms with Crippen LogP contribution in [-0.2, 0) is 19.1 Å². The topological polar surface area (TPSA) is 165 Å². The van der Waals surface area contributed by atoms with Crippen LogP contribution < -0.4 is 10.9 Å². The van der Waals surface area contributed by atoms with Crippen LogP contribution in [0, 0.1) is 0 Å². The van der Waals surface area contributed by atoms with E-state index in [0.717, 1.165) is 16.0 Å². The highest BCUT2D eigenvalue weighted by molar-refractivity contribution is 7.22. The van der Waals surface area contributed by atoms with Gasteiger partial charge in [-0.1, -0.05) is 47.7 Å². The molecular formula is C29H18N4O7S. The van der Waals surface area contributed by atoms with E-state index in [4.69, 9.17) is 4.74 Å². The van der Waals surface area contributed by atoms with Crippen LogP contribution in [0.15, 0.2) is 65.5 Å². The number of hydrogen-bond donors (Lipinski definition) is 2. The van der Waals surface area contributed by atoms with E-state index in [-0.39, 0.29) is 45.0 Å². The number of hydrogen-bond acceptors (Lipinski definition) is 10. The molecule has 0 aliphatic heterocycles. The van der Waals surface area contributed by atoms with Crippen molar-refractivity contribution in [2.75, 3.05) is 11.9 Å². The second kappa shape index (κ2) is 9.99. The van der Waals surface area contributed by atoms with E-state index in [1.165, 1.54) is 25.1 Å². The average molecular weight is 567 g/mol. The van der Waals surface area contributed by atoms with E-state index in [1.54, 1.807) is 42.5 Å². The minimum absolute atomic E-state index is 0.0295. The largest absolute Gasteiger partial charge is 0.465 e. The summed E-state index contributed by atoms with van der Waals surface area (Å²) in [6.45, 7) is 1.38. The maximum atomic E-state index is 13.3. The number of ether oxygens (including phenoxy) is 1. The third-order valence-electron chi connectivity index (χ3n) is 6.58. The van der Waals surface area contributed by atoms with Crippen LogP contribution in [0.2, 0.25) is 0 Å². The van der Waals surface area contributed by atoms with Crippen molar-refractivity contribution >= 4 is 66.9 Å². The Morgan fingerprint density at radius 1 is 0.878 bits per heavy atom. The number of fused-ring (bicyclic) bond motifs is 5. The van der Waals surface area contributed by atoms with Gasteiger partial charge in [-0.15, -0.1) is 0 Å². The summed E-state index contributed by atoms with van der Waals surface area (Å²) in [6, 6.07) is 16.2. The minimum atomic E-state index is -1.99. The molecule has 5 aromatic rings. The van der Waals surface area contributed by atoms with Gasteiger partial charge in [0.2, 0.25) is 5.78 Å². The Labute approximate surface area is 234 Å². The van der Waals surface area contributed by atoms with Crippen LogP contribution >= 0.6 is 11.3 Å². The summed E-state index contributed by atoms with van der Waals surface area (Å²) in [7, 11) is 0. The molecule has 1 amide bonds. The number of aromatic amines is 1. The van der Waals surface area contributed by atoms with E-state index in [0.29, 0.717) is 5.52 Å². The predicted octanol–water partition coefficient (Wildman–Crippen LogP) is 3.16. The molecule has 0 bridgehead atoms. The number of para-hydroxylation sites is 1. The lowest BCUT2D eigenvalue weighted by Gasteiger charge is -2.19. The maximum Gasteiger partial charge on any atom is 0.323 e. The molecule has 2 N–H and O–H groups in total. The van der Waals surface area contributed by atoms with Crippen LogP contribution in [0.25, 0.3) is 21.3 Å². The van der Waals surface area contributed by atoms with Gasteiger partial charge in [0.05, 0.1) is 33.4 Å². The molecule has 3 aromatic carbocycles. The van der Waals surface area contributed by atoms with Crippen molar-refractivity contribution < 1.29 is 28.7 Å². The van der Waals surface area contributed by atoms with Gasteiger partial charge in [0.1, 0.15) is 5.69 Å². The molecular weight excluding hydrogens is 548 g/mol. The first kappa shape index (κ1) is 25.9. The fraction of sp³-hybridized carbons (Fsp3) is 0.103. The van der Waals surface area contributed by atoms with Crippen LogP contribution in [0.5, 0.6) is 0 Å². The molecule has 41 heavy (non-hydrogen) atoms. The molecule has 0 radical (unpaired) electrons. The van der Waals surface area contributed by atoms with Gasteiger partial charge in [-0.25, -0.2) is 9.97 Å². The van der Waals surface area contributed by atoms with Gasteiger partial charge in [-0.05, 0) is 31.2 Å². The Kier molecular flexibility index (Phi) is 6.31. The van der Waals surface area contributed by atoms with E-state index < -0.39 is 46.4 Å². The van der Waals surface area contributed by atoms with E-state index in [1.807, 2.05) is 0 Å². The molecule has 1 aliphatic carbocycles. The zero-order valence-electron chi connectivity index (χ0n) is 21.2. The van der Waals surface area contributed by atoms with Gasteiger partial charge >= 0.3 is 5.97 Å². The Balaban J connectivity index is 1.41. The van der Waals surface area contributed by atoms with Gasteiger partial charge in [-0.2, -0.15) is 0 Å². The standard InChI is InChI=1S/C29H18N4O7S/c1-2-40-28(39)20(25(36)27(38)33-29-31-16-9-5-6-10-18(16)41-29)22-26(37)32-21-17(30-22)12-11-15-19(21)24(35)14-8-4-3-7-13(14)23(15)34/h3-12,20H,2H2,1H3,(H,32,37)(H,31,33,38). The summed E-state index contributed by atoms with van der Waals surface area (Å²) >= 11 is 1.13. The number of esters is 1. The molecule has 202 valence electrons. The minimum Gasteiger partial charge on any atom is -0.465 e. The molecule has 11 nitrogen and oxygen atoms in total. The van der Waals surface area contributed by atoms with Crippen molar-refractivity contribution in [3.05, 3.63) is 99.0 Å². The maximum absolute atomic E-state index is 13.3. The van der Waals surface area contributed by atoms with E-state index >= 15 is 0 Å². The summed E-state index contributed by atoms with van der Waals surface area (Å²) < 4.78 is 5.78. The first-order chi connectivity index (χ1) is 19.8. The van der Waals surface area contributed by atoms with Gasteiger partial charge in [0, 0.05) is 16.7 Å². The molecule has 12 heteroatoms. The summed E-state index contributed by atoms with van der Waals surface area (Å²) in [5, 5.41) is 2.51. The van der Waals surface area contributed by atoms with E-state index in [2.05, 4.69) is 20.3 Å². The number of nitrogens with one attached hydrogen (secondary N) is 2. The Bertz CT molecular complexity index is 1990. The number of anilines is 1. The number of rotatable bonds is 6. The van der Waals surface area contributed by atoms with E-state index in [9.17, 15) is 28.8 Å².